The van der Waals surface area contributed by atoms with Crippen LogP contribution >= 0.6 is 0 Å². The highest BCUT2D eigenvalue weighted by Crippen LogP contribution is 2.57. The molecule has 4 aliphatic carbocycles. The minimum Gasteiger partial charge on any atom is -0.0985 e. The van der Waals surface area contributed by atoms with Gasteiger partial charge in [0.05, 0.1) is 0 Å². The van der Waals surface area contributed by atoms with Gasteiger partial charge >= 0.3 is 0 Å². The maximum Gasteiger partial charge on any atom is -0.00807 e. The zero-order chi connectivity index (χ0) is 35.2. The van der Waals surface area contributed by atoms with E-state index in [1.54, 1.807) is 0 Å². The van der Waals surface area contributed by atoms with Gasteiger partial charge in [0.1, 0.15) is 0 Å². The average Bonchev–Trinajstić information content (AvgIpc) is 4.03. The standard InChI is InChI=1S/C51H48/c1-5-16-36(7-3)39-22-14-23-41(30-39)45-27-26-44(37(8-4)17-6-2)33-47(34-45)43-21-13-12-20-40(31-43)42-24-15-25-46(32-42)49-29-28-48(50-35-51(49)50)38-18-10-9-11-19-38/h5,7-20,22-25,27-34,50-51H,4,6,21,26,35H2,1-3H3/b16-5-,36-7+,37-17+. The fourth-order valence-corrected chi connectivity index (χ4v) is 7.79. The number of hydrogen-bond donors (Lipinski definition) is 0. The van der Waals surface area contributed by atoms with E-state index < -0.39 is 0 Å². The predicted molar refractivity (Wildman–Crippen MR) is 222 cm³/mol. The molecule has 0 aliphatic heterocycles. The molecule has 252 valence electrons. The van der Waals surface area contributed by atoms with Crippen molar-refractivity contribution in [3.63, 3.8) is 0 Å². The summed E-state index contributed by atoms with van der Waals surface area (Å²) in [4.78, 5) is 0. The van der Waals surface area contributed by atoms with Crippen molar-refractivity contribution in [3.05, 3.63) is 221 Å². The van der Waals surface area contributed by atoms with E-state index in [0.29, 0.717) is 11.8 Å². The van der Waals surface area contributed by atoms with E-state index in [1.165, 1.54) is 84.4 Å². The summed E-state index contributed by atoms with van der Waals surface area (Å²) < 4.78 is 0. The molecule has 0 nitrogen and oxygen atoms in total. The van der Waals surface area contributed by atoms with Gasteiger partial charge in [0.25, 0.3) is 0 Å². The molecule has 51 heavy (non-hydrogen) atoms. The molecular formula is C51H48. The Kier molecular flexibility index (Phi) is 10.4. The molecule has 0 N–H and O–H groups in total. The Hall–Kier alpha value is -5.46. The lowest BCUT2D eigenvalue weighted by atomic mass is 9.88. The molecule has 0 heteroatoms. The van der Waals surface area contributed by atoms with Gasteiger partial charge in [-0.25, -0.2) is 0 Å². The Bertz CT molecular complexity index is 2170. The van der Waals surface area contributed by atoms with Gasteiger partial charge < -0.3 is 0 Å². The van der Waals surface area contributed by atoms with E-state index in [1.807, 2.05) is 6.08 Å². The van der Waals surface area contributed by atoms with E-state index in [2.05, 4.69) is 185 Å². The molecule has 4 aliphatic rings. The summed E-state index contributed by atoms with van der Waals surface area (Å²) in [6.45, 7) is 10.6. The smallest absolute Gasteiger partial charge is 0.00807 e. The lowest BCUT2D eigenvalue weighted by Gasteiger charge is -2.16. The van der Waals surface area contributed by atoms with Crippen molar-refractivity contribution in [2.24, 2.45) is 11.8 Å². The molecule has 0 saturated heterocycles. The number of rotatable bonds is 10. The van der Waals surface area contributed by atoms with Crippen molar-refractivity contribution in [2.75, 3.05) is 0 Å². The van der Waals surface area contributed by atoms with Gasteiger partial charge in [-0.2, -0.15) is 0 Å². The van der Waals surface area contributed by atoms with E-state index in [4.69, 9.17) is 0 Å². The van der Waals surface area contributed by atoms with Crippen molar-refractivity contribution < 1.29 is 0 Å². The molecule has 1 saturated carbocycles. The first-order valence-corrected chi connectivity index (χ1v) is 18.6. The van der Waals surface area contributed by atoms with Gasteiger partial charge in [0, 0.05) is 0 Å². The predicted octanol–water partition coefficient (Wildman–Crippen LogP) is 13.9. The van der Waals surface area contributed by atoms with Crippen LogP contribution in [0.15, 0.2) is 193 Å². The zero-order valence-corrected chi connectivity index (χ0v) is 30.3. The highest BCUT2D eigenvalue weighted by atomic mass is 14.5. The number of benzene rings is 3. The summed E-state index contributed by atoms with van der Waals surface area (Å²) in [5, 5.41) is 0. The van der Waals surface area contributed by atoms with Crippen molar-refractivity contribution in [3.8, 4) is 0 Å². The van der Waals surface area contributed by atoms with Gasteiger partial charge in [-0.15, -0.1) is 0 Å². The van der Waals surface area contributed by atoms with Crippen LogP contribution in [0, 0.1) is 11.8 Å². The molecule has 7 rings (SSSR count). The lowest BCUT2D eigenvalue weighted by Crippen LogP contribution is -1.98. The van der Waals surface area contributed by atoms with Crippen LogP contribution in [0.4, 0.5) is 0 Å². The SMILES string of the molecule is C=C/C(=C\CC)C1=CC(C2=CC(c3cccc(C4=CC=C(c5ccccc5)C5CC45)c3)=CC=CC2)=CC(c2cccc(C(/C=C\C)=C/C)c2)=CC1. The van der Waals surface area contributed by atoms with Crippen LogP contribution in [-0.2, 0) is 0 Å². The molecule has 2 atom stereocenters. The van der Waals surface area contributed by atoms with Crippen molar-refractivity contribution in [1.82, 2.24) is 0 Å². The van der Waals surface area contributed by atoms with Crippen molar-refractivity contribution in [1.29, 1.82) is 0 Å². The van der Waals surface area contributed by atoms with Crippen LogP contribution in [0.2, 0.25) is 0 Å². The molecule has 2 unspecified atom stereocenters. The van der Waals surface area contributed by atoms with Gasteiger partial charge in [-0.3, -0.25) is 0 Å². The molecular weight excluding hydrogens is 613 g/mol. The quantitative estimate of drug-likeness (QED) is 0.190. The van der Waals surface area contributed by atoms with Crippen molar-refractivity contribution in [2.45, 2.75) is 46.5 Å². The average molecular weight is 661 g/mol. The summed E-state index contributed by atoms with van der Waals surface area (Å²) in [6.07, 6.45) is 35.9. The van der Waals surface area contributed by atoms with Crippen LogP contribution in [0.1, 0.15) is 74.3 Å². The molecule has 1 fully saturated rings. The monoisotopic (exact) mass is 660 g/mol. The van der Waals surface area contributed by atoms with Gasteiger partial charge in [-0.05, 0) is 148 Å². The Morgan fingerprint density at radius 3 is 2.18 bits per heavy atom. The van der Waals surface area contributed by atoms with Gasteiger partial charge in [0.15, 0.2) is 0 Å². The maximum absolute atomic E-state index is 4.19. The summed E-state index contributed by atoms with van der Waals surface area (Å²) in [7, 11) is 0. The second-order valence-electron chi connectivity index (χ2n) is 13.8. The molecule has 3 aromatic carbocycles. The number of hydrogen-bond acceptors (Lipinski definition) is 0. The maximum atomic E-state index is 4.19. The highest BCUT2D eigenvalue weighted by Gasteiger charge is 2.44. The molecule has 0 radical (unpaired) electrons. The fourth-order valence-electron chi connectivity index (χ4n) is 7.79. The van der Waals surface area contributed by atoms with Crippen LogP contribution in [0.3, 0.4) is 0 Å². The van der Waals surface area contributed by atoms with E-state index in [9.17, 15) is 0 Å². The van der Waals surface area contributed by atoms with Crippen LogP contribution in [0.25, 0.3) is 27.9 Å². The van der Waals surface area contributed by atoms with Crippen molar-refractivity contribution >= 4 is 27.9 Å². The molecule has 0 spiro atoms. The van der Waals surface area contributed by atoms with Gasteiger partial charge in [-0.1, -0.05) is 159 Å². The molecule has 3 aromatic rings. The minimum atomic E-state index is 0.607. The molecule has 0 aromatic heterocycles. The van der Waals surface area contributed by atoms with E-state index in [-0.39, 0.29) is 0 Å². The largest absolute Gasteiger partial charge is 0.0985 e. The summed E-state index contributed by atoms with van der Waals surface area (Å²) in [6, 6.07) is 29.1. The summed E-state index contributed by atoms with van der Waals surface area (Å²) >= 11 is 0. The first-order chi connectivity index (χ1) is 25.1. The third-order valence-electron chi connectivity index (χ3n) is 10.5. The normalized spacial score (nSPS) is 20.5. The Labute approximate surface area is 305 Å². The first kappa shape index (κ1) is 34.0. The van der Waals surface area contributed by atoms with E-state index in [0.717, 1.165) is 19.3 Å². The third-order valence-corrected chi connectivity index (χ3v) is 10.5. The highest BCUT2D eigenvalue weighted by molar-refractivity contribution is 5.87. The number of fused-ring (bicyclic) bond motifs is 1. The van der Waals surface area contributed by atoms with Gasteiger partial charge in [0.2, 0.25) is 0 Å². The fraction of sp³-hybridized carbons (Fsp3) is 0.176. The molecule has 0 amide bonds. The van der Waals surface area contributed by atoms with Crippen LogP contribution < -0.4 is 0 Å². The minimum absolute atomic E-state index is 0.607. The topological polar surface area (TPSA) is 0 Å². The van der Waals surface area contributed by atoms with E-state index >= 15 is 0 Å². The number of allylic oxidation sites excluding steroid dienone is 23. The summed E-state index contributed by atoms with van der Waals surface area (Å²) in [5.74, 6) is 1.23. The lowest BCUT2D eigenvalue weighted by molar-refractivity contribution is 1.02. The Morgan fingerprint density at radius 2 is 1.43 bits per heavy atom. The molecule has 0 heterocycles. The van der Waals surface area contributed by atoms with Crippen LogP contribution in [0.5, 0.6) is 0 Å². The second kappa shape index (κ2) is 15.6. The zero-order valence-electron chi connectivity index (χ0n) is 30.3. The Balaban J connectivity index is 1.25. The second-order valence-corrected chi connectivity index (χ2v) is 13.8. The Morgan fingerprint density at radius 1 is 0.706 bits per heavy atom. The van der Waals surface area contributed by atoms with Crippen LogP contribution in [-0.4, -0.2) is 0 Å². The molecule has 0 bridgehead atoms. The third kappa shape index (κ3) is 7.52. The first-order valence-electron chi connectivity index (χ1n) is 18.6. The summed E-state index contributed by atoms with van der Waals surface area (Å²) in [5.41, 5.74) is 18.2.